The Bertz CT molecular complexity index is 552. The third-order valence-electron chi connectivity index (χ3n) is 2.13. The average Bonchev–Trinajstić information content (AvgIpc) is 2.58. The molecule has 0 spiro atoms. The Morgan fingerprint density at radius 1 is 1.38 bits per heavy atom. The Balaban J connectivity index is 2.40. The third kappa shape index (κ3) is 1.99. The van der Waals surface area contributed by atoms with E-state index in [0.717, 1.165) is 12.1 Å². The minimum Gasteiger partial charge on any atom is -0.393 e. The molecule has 0 fully saturated rings. The average molecular weight is 242 g/mol. The number of aromatic nitrogens is 3. The SMILES string of the molecule is NC(=S)CCn1nnc2cc(F)c(F)cc21. The summed E-state index contributed by atoms with van der Waals surface area (Å²) in [5.41, 5.74) is 6.08. The van der Waals surface area contributed by atoms with Gasteiger partial charge in [-0.2, -0.15) is 0 Å². The van der Waals surface area contributed by atoms with Crippen molar-refractivity contribution in [2.75, 3.05) is 0 Å². The zero-order chi connectivity index (χ0) is 11.7. The predicted octanol–water partition coefficient (Wildman–Crippen LogP) is 1.39. The Labute approximate surface area is 95.0 Å². The highest BCUT2D eigenvalue weighted by Gasteiger charge is 2.10. The van der Waals surface area contributed by atoms with E-state index in [1.54, 1.807) is 0 Å². The first-order chi connectivity index (χ1) is 7.58. The Morgan fingerprint density at radius 3 is 2.75 bits per heavy atom. The molecule has 2 aromatic rings. The largest absolute Gasteiger partial charge is 0.393 e. The first-order valence-electron chi connectivity index (χ1n) is 4.54. The summed E-state index contributed by atoms with van der Waals surface area (Å²) in [6.45, 7) is 0.400. The highest BCUT2D eigenvalue weighted by molar-refractivity contribution is 7.80. The van der Waals surface area contributed by atoms with Gasteiger partial charge < -0.3 is 5.73 Å². The summed E-state index contributed by atoms with van der Waals surface area (Å²) < 4.78 is 27.3. The molecular formula is C9H8F2N4S. The van der Waals surface area contributed by atoms with Crippen molar-refractivity contribution in [3.63, 3.8) is 0 Å². The standard InChI is InChI=1S/C9H8F2N4S/c10-5-3-7-8(4-6(5)11)15(14-13-7)2-1-9(12)16/h3-4H,1-2H2,(H2,12,16). The summed E-state index contributed by atoms with van der Waals surface area (Å²) in [5.74, 6) is -1.86. The number of aryl methyl sites for hydroxylation is 1. The van der Waals surface area contributed by atoms with Crippen LogP contribution in [0.4, 0.5) is 8.78 Å². The van der Waals surface area contributed by atoms with Gasteiger partial charge in [0.05, 0.1) is 10.5 Å². The van der Waals surface area contributed by atoms with E-state index in [9.17, 15) is 8.78 Å². The molecule has 4 nitrogen and oxygen atoms in total. The lowest BCUT2D eigenvalue weighted by Gasteiger charge is -2.00. The van der Waals surface area contributed by atoms with Gasteiger partial charge in [-0.15, -0.1) is 5.10 Å². The van der Waals surface area contributed by atoms with Crippen LogP contribution >= 0.6 is 12.2 Å². The van der Waals surface area contributed by atoms with E-state index < -0.39 is 11.6 Å². The highest BCUT2D eigenvalue weighted by Crippen LogP contribution is 2.16. The summed E-state index contributed by atoms with van der Waals surface area (Å²) in [7, 11) is 0. The summed E-state index contributed by atoms with van der Waals surface area (Å²) in [6, 6.07) is 2.07. The molecule has 2 rings (SSSR count). The lowest BCUT2D eigenvalue weighted by molar-refractivity contribution is 0.510. The fraction of sp³-hybridized carbons (Fsp3) is 0.222. The summed E-state index contributed by atoms with van der Waals surface area (Å²) in [5, 5.41) is 7.49. The van der Waals surface area contributed by atoms with Crippen LogP contribution in [0.2, 0.25) is 0 Å². The van der Waals surface area contributed by atoms with Gasteiger partial charge in [0.15, 0.2) is 11.6 Å². The van der Waals surface area contributed by atoms with Crippen LogP contribution in [0.5, 0.6) is 0 Å². The smallest absolute Gasteiger partial charge is 0.161 e. The number of benzene rings is 1. The quantitative estimate of drug-likeness (QED) is 0.826. The Kier molecular flexibility index (Phi) is 2.78. The van der Waals surface area contributed by atoms with E-state index in [0.29, 0.717) is 29.0 Å². The van der Waals surface area contributed by atoms with Gasteiger partial charge in [0.2, 0.25) is 0 Å². The van der Waals surface area contributed by atoms with E-state index in [1.807, 2.05) is 0 Å². The molecular weight excluding hydrogens is 234 g/mol. The number of rotatable bonds is 3. The zero-order valence-electron chi connectivity index (χ0n) is 8.15. The Morgan fingerprint density at radius 2 is 2.06 bits per heavy atom. The van der Waals surface area contributed by atoms with Crippen molar-refractivity contribution in [1.82, 2.24) is 15.0 Å². The van der Waals surface area contributed by atoms with E-state index in [-0.39, 0.29) is 0 Å². The Hall–Kier alpha value is -1.63. The fourth-order valence-corrected chi connectivity index (χ4v) is 1.44. The molecule has 0 radical (unpaired) electrons. The van der Waals surface area contributed by atoms with Crippen LogP contribution in [0.25, 0.3) is 11.0 Å². The maximum Gasteiger partial charge on any atom is 0.161 e. The molecule has 0 aliphatic carbocycles. The van der Waals surface area contributed by atoms with Crippen LogP contribution in [-0.2, 0) is 6.54 Å². The van der Waals surface area contributed by atoms with Crippen LogP contribution in [0.15, 0.2) is 12.1 Å². The van der Waals surface area contributed by atoms with Gasteiger partial charge >= 0.3 is 0 Å². The van der Waals surface area contributed by atoms with Gasteiger partial charge in [0.1, 0.15) is 5.52 Å². The molecule has 1 aromatic carbocycles. The second-order valence-corrected chi connectivity index (χ2v) is 3.81. The van der Waals surface area contributed by atoms with Crippen molar-refractivity contribution in [2.24, 2.45) is 5.73 Å². The van der Waals surface area contributed by atoms with Crippen LogP contribution in [0.3, 0.4) is 0 Å². The van der Waals surface area contributed by atoms with Gasteiger partial charge in [-0.3, -0.25) is 0 Å². The molecule has 0 amide bonds. The number of halogens is 2. The van der Waals surface area contributed by atoms with E-state index in [2.05, 4.69) is 10.3 Å². The fourth-order valence-electron chi connectivity index (χ4n) is 1.34. The maximum absolute atomic E-state index is 13.0. The normalized spacial score (nSPS) is 10.9. The van der Waals surface area contributed by atoms with Crippen molar-refractivity contribution in [3.05, 3.63) is 23.8 Å². The van der Waals surface area contributed by atoms with Gasteiger partial charge in [0, 0.05) is 25.1 Å². The number of hydrogen-bond donors (Lipinski definition) is 1. The second kappa shape index (κ2) is 4.09. The minimum absolute atomic E-state index is 0.307. The number of nitrogens with zero attached hydrogens (tertiary/aromatic N) is 3. The summed E-state index contributed by atoms with van der Waals surface area (Å²) >= 11 is 4.72. The van der Waals surface area contributed by atoms with Crippen LogP contribution in [0.1, 0.15) is 6.42 Å². The molecule has 16 heavy (non-hydrogen) atoms. The zero-order valence-corrected chi connectivity index (χ0v) is 8.97. The first kappa shape index (κ1) is 10.9. The number of thiocarbonyl (C=S) groups is 1. The highest BCUT2D eigenvalue weighted by atomic mass is 32.1. The molecule has 0 bridgehead atoms. The lowest BCUT2D eigenvalue weighted by Crippen LogP contribution is -2.12. The molecule has 0 unspecified atom stereocenters. The molecule has 1 aromatic heterocycles. The molecule has 7 heteroatoms. The maximum atomic E-state index is 13.0. The molecule has 1 heterocycles. The minimum atomic E-state index is -0.936. The molecule has 0 aliphatic rings. The molecule has 84 valence electrons. The summed E-state index contributed by atoms with van der Waals surface area (Å²) in [4.78, 5) is 0.339. The number of nitrogens with two attached hydrogens (primary N) is 1. The van der Waals surface area contributed by atoms with E-state index >= 15 is 0 Å². The van der Waals surface area contributed by atoms with Gasteiger partial charge in [-0.1, -0.05) is 17.4 Å². The number of hydrogen-bond acceptors (Lipinski definition) is 3. The molecule has 0 saturated heterocycles. The summed E-state index contributed by atoms with van der Waals surface area (Å²) in [6.07, 6.45) is 0.437. The lowest BCUT2D eigenvalue weighted by atomic mass is 10.3. The topological polar surface area (TPSA) is 56.7 Å². The van der Waals surface area contributed by atoms with Crippen molar-refractivity contribution in [1.29, 1.82) is 0 Å². The van der Waals surface area contributed by atoms with Gasteiger partial charge in [-0.05, 0) is 0 Å². The van der Waals surface area contributed by atoms with E-state index in [4.69, 9.17) is 18.0 Å². The van der Waals surface area contributed by atoms with Crippen molar-refractivity contribution < 1.29 is 8.78 Å². The molecule has 0 aliphatic heterocycles. The van der Waals surface area contributed by atoms with Gasteiger partial charge in [-0.25, -0.2) is 13.5 Å². The van der Waals surface area contributed by atoms with Crippen LogP contribution in [0, 0.1) is 11.6 Å². The predicted molar refractivity (Wildman–Crippen MR) is 58.8 cm³/mol. The third-order valence-corrected chi connectivity index (χ3v) is 2.33. The van der Waals surface area contributed by atoms with Crippen molar-refractivity contribution in [3.8, 4) is 0 Å². The molecule has 0 atom stereocenters. The first-order valence-corrected chi connectivity index (χ1v) is 4.95. The van der Waals surface area contributed by atoms with Crippen LogP contribution in [-0.4, -0.2) is 20.0 Å². The second-order valence-electron chi connectivity index (χ2n) is 3.28. The van der Waals surface area contributed by atoms with Crippen molar-refractivity contribution in [2.45, 2.75) is 13.0 Å². The van der Waals surface area contributed by atoms with E-state index in [1.165, 1.54) is 4.68 Å². The molecule has 0 saturated carbocycles. The molecule has 2 N–H and O–H groups in total. The van der Waals surface area contributed by atoms with Gasteiger partial charge in [0.25, 0.3) is 0 Å². The number of fused-ring (bicyclic) bond motifs is 1. The van der Waals surface area contributed by atoms with Crippen molar-refractivity contribution >= 4 is 28.2 Å². The monoisotopic (exact) mass is 242 g/mol. The van der Waals surface area contributed by atoms with Crippen LogP contribution < -0.4 is 5.73 Å².